The van der Waals surface area contributed by atoms with Crippen molar-refractivity contribution in [2.24, 2.45) is 11.8 Å². The molecule has 14 heteroatoms. The molecule has 0 bridgehead atoms. The van der Waals surface area contributed by atoms with Gasteiger partial charge in [-0.1, -0.05) is 17.7 Å². The lowest BCUT2D eigenvalue weighted by molar-refractivity contribution is 0.00420. The van der Waals surface area contributed by atoms with Crippen LogP contribution in [-0.2, 0) is 27.7 Å². The summed E-state index contributed by atoms with van der Waals surface area (Å²) in [5.41, 5.74) is -1.33. The first kappa shape index (κ1) is 26.5. The van der Waals surface area contributed by atoms with Crippen LogP contribution < -0.4 is 5.56 Å². The maximum Gasteiger partial charge on any atom is 0.469 e. The number of carbonyl (C=O) groups is 2. The van der Waals surface area contributed by atoms with Crippen molar-refractivity contribution in [2.75, 3.05) is 13.1 Å². The molecule has 4 atom stereocenters. The highest BCUT2D eigenvalue weighted by Crippen LogP contribution is 2.64. The molecule has 3 N–H and O–H groups in total. The quantitative estimate of drug-likeness (QED) is 0.441. The van der Waals surface area contributed by atoms with Gasteiger partial charge in [-0.3, -0.25) is 23.5 Å². The van der Waals surface area contributed by atoms with Gasteiger partial charge in [0, 0.05) is 31.1 Å². The molecular formula is C25H26ClFN3O8P. The Balaban J connectivity index is 1.42. The normalized spacial score (nSPS) is 26.2. The van der Waals surface area contributed by atoms with Gasteiger partial charge in [-0.25, -0.2) is 8.96 Å². The van der Waals surface area contributed by atoms with E-state index in [0.717, 1.165) is 12.8 Å². The van der Waals surface area contributed by atoms with E-state index in [9.17, 15) is 38.2 Å². The number of hydrogen-bond donors (Lipinski definition) is 3. The molecule has 39 heavy (non-hydrogen) atoms. The largest absolute Gasteiger partial charge is 0.502 e. The van der Waals surface area contributed by atoms with Crippen LogP contribution in [0.5, 0.6) is 5.75 Å². The van der Waals surface area contributed by atoms with Crippen LogP contribution in [0, 0.1) is 17.7 Å². The monoisotopic (exact) mass is 581 g/mol. The predicted octanol–water partition coefficient (Wildman–Crippen LogP) is 2.58. The third-order valence-electron chi connectivity index (χ3n) is 8.40. The SMILES string of the molecule is C[C@@H](CN1C(=O)c2c3c(c(O)c(=O)n2[C@@]12CC[C@H]1C[C@H]12)C(=O)N(Cc1ccc(F)c(Cl)c1)CC3)OP(=O)(O)O. The highest BCUT2D eigenvalue weighted by atomic mass is 35.5. The third-order valence-corrected chi connectivity index (χ3v) is 9.33. The van der Waals surface area contributed by atoms with Crippen LogP contribution >= 0.6 is 19.4 Å². The summed E-state index contributed by atoms with van der Waals surface area (Å²) in [5, 5.41) is 11.0. The zero-order chi connectivity index (χ0) is 28.0. The fraction of sp³-hybridized carbons (Fsp3) is 0.480. The van der Waals surface area contributed by atoms with Crippen LogP contribution in [0.3, 0.4) is 0 Å². The van der Waals surface area contributed by atoms with Gasteiger partial charge in [-0.15, -0.1) is 0 Å². The van der Waals surface area contributed by atoms with Crippen molar-refractivity contribution in [2.45, 2.75) is 50.9 Å². The second-order valence-electron chi connectivity index (χ2n) is 10.8. The van der Waals surface area contributed by atoms with Gasteiger partial charge >= 0.3 is 7.82 Å². The number of nitrogens with zero attached hydrogens (tertiary/aromatic N) is 3. The molecule has 2 amide bonds. The smallest absolute Gasteiger partial charge is 0.469 e. The third kappa shape index (κ3) is 4.03. The van der Waals surface area contributed by atoms with Gasteiger partial charge in [0.05, 0.1) is 16.7 Å². The fourth-order valence-corrected chi connectivity index (χ4v) is 7.55. The summed E-state index contributed by atoms with van der Waals surface area (Å²) >= 11 is 5.88. The van der Waals surface area contributed by atoms with Crippen LogP contribution in [0.1, 0.15) is 58.2 Å². The molecule has 2 aliphatic carbocycles. The van der Waals surface area contributed by atoms with Gasteiger partial charge in [0.15, 0.2) is 5.75 Å². The summed E-state index contributed by atoms with van der Waals surface area (Å²) in [7, 11) is -4.83. The van der Waals surface area contributed by atoms with E-state index < -0.39 is 48.5 Å². The Hall–Kier alpha value is -2.76. The van der Waals surface area contributed by atoms with E-state index in [1.54, 1.807) is 0 Å². The van der Waals surface area contributed by atoms with Crippen LogP contribution in [0.25, 0.3) is 0 Å². The lowest BCUT2D eigenvalue weighted by Crippen LogP contribution is -2.52. The van der Waals surface area contributed by atoms with Crippen LogP contribution in [0.4, 0.5) is 4.39 Å². The number of fused-ring (bicyclic) bond motifs is 6. The zero-order valence-corrected chi connectivity index (χ0v) is 22.5. The Bertz CT molecular complexity index is 1540. The Morgan fingerprint density at radius 2 is 2.00 bits per heavy atom. The number of halogens is 2. The molecule has 11 nitrogen and oxygen atoms in total. The minimum absolute atomic E-state index is 0.0292. The van der Waals surface area contributed by atoms with Crippen LogP contribution in [0.2, 0.25) is 5.02 Å². The predicted molar refractivity (Wildman–Crippen MR) is 135 cm³/mol. The van der Waals surface area contributed by atoms with Crippen molar-refractivity contribution in [3.05, 3.63) is 61.8 Å². The number of phosphoric acid groups is 1. The highest BCUT2D eigenvalue weighted by molar-refractivity contribution is 7.46. The molecule has 3 heterocycles. The molecule has 0 radical (unpaired) electrons. The molecule has 2 aliphatic heterocycles. The number of phosphoric ester groups is 1. The van der Waals surface area contributed by atoms with Crippen LogP contribution in [0.15, 0.2) is 23.0 Å². The average molecular weight is 582 g/mol. The van der Waals surface area contributed by atoms with Gasteiger partial charge < -0.3 is 24.7 Å². The number of hydrogen-bond acceptors (Lipinski definition) is 6. The average Bonchev–Trinajstić information content (AvgIpc) is 3.49. The Kier molecular flexibility index (Phi) is 6.02. The number of carbonyl (C=O) groups excluding carboxylic acids is 2. The Morgan fingerprint density at radius 1 is 1.26 bits per heavy atom. The Morgan fingerprint density at radius 3 is 2.62 bits per heavy atom. The summed E-state index contributed by atoms with van der Waals surface area (Å²) in [5.74, 6) is -2.28. The topological polar surface area (TPSA) is 150 Å². The van der Waals surface area contributed by atoms with Crippen molar-refractivity contribution in [3.8, 4) is 5.75 Å². The van der Waals surface area contributed by atoms with Gasteiger partial charge in [0.25, 0.3) is 17.4 Å². The molecule has 208 valence electrons. The number of pyridine rings is 1. The van der Waals surface area contributed by atoms with E-state index in [1.165, 1.54) is 39.5 Å². The summed E-state index contributed by atoms with van der Waals surface area (Å²) in [6.45, 7) is 1.48. The molecule has 1 aromatic carbocycles. The van der Waals surface area contributed by atoms with E-state index in [2.05, 4.69) is 0 Å². The van der Waals surface area contributed by atoms with Crippen LogP contribution in [-0.4, -0.2) is 60.3 Å². The molecule has 2 saturated carbocycles. The molecule has 2 fully saturated rings. The molecular weight excluding hydrogens is 556 g/mol. The Labute approximate surface area is 227 Å². The second-order valence-corrected chi connectivity index (χ2v) is 12.4. The molecule has 0 unspecified atom stereocenters. The minimum Gasteiger partial charge on any atom is -0.502 e. The number of aromatic hydroxyl groups is 1. The minimum atomic E-state index is -4.83. The summed E-state index contributed by atoms with van der Waals surface area (Å²) in [4.78, 5) is 62.6. The first-order valence-corrected chi connectivity index (χ1v) is 14.5. The lowest BCUT2D eigenvalue weighted by atomic mass is 9.95. The standard InChI is InChI=1S/C25H26ClFN3O8P/c1-12(38-39(35,36)37)10-29-23(33)20-15-5-7-28(11-13-2-3-18(27)17(26)8-13)22(32)19(15)21(31)24(34)30(20)25(29)6-4-14-9-16(14)25/h2-3,8,12,14,16,31H,4-7,9-11H2,1H3,(H2,35,36,37)/t12-,14-,16+,25+/m0/s1. The molecule has 6 rings (SSSR count). The maximum absolute atomic E-state index is 14.0. The first-order valence-electron chi connectivity index (χ1n) is 12.6. The van der Waals surface area contributed by atoms with Crippen molar-refractivity contribution in [1.82, 2.24) is 14.4 Å². The van der Waals surface area contributed by atoms with E-state index in [0.29, 0.717) is 12.0 Å². The number of aromatic nitrogens is 1. The highest BCUT2D eigenvalue weighted by Gasteiger charge is 2.67. The summed E-state index contributed by atoms with van der Waals surface area (Å²) in [6, 6.07) is 4.07. The van der Waals surface area contributed by atoms with Gasteiger partial charge in [-0.05, 0) is 56.2 Å². The van der Waals surface area contributed by atoms with Crippen molar-refractivity contribution >= 4 is 31.2 Å². The first-order chi connectivity index (χ1) is 18.3. The molecule has 1 spiro atoms. The van der Waals surface area contributed by atoms with E-state index in [4.69, 9.17) is 16.1 Å². The van der Waals surface area contributed by atoms with E-state index >= 15 is 0 Å². The summed E-state index contributed by atoms with van der Waals surface area (Å²) in [6.07, 6.45) is 1.09. The molecule has 4 aliphatic rings. The maximum atomic E-state index is 14.0. The van der Waals surface area contributed by atoms with Crippen molar-refractivity contribution < 1.29 is 38.0 Å². The van der Waals surface area contributed by atoms with Crippen molar-refractivity contribution in [1.29, 1.82) is 0 Å². The lowest BCUT2D eigenvalue weighted by Gasteiger charge is -2.39. The number of rotatable bonds is 6. The molecule has 2 aromatic rings. The molecule has 0 saturated heterocycles. The van der Waals surface area contributed by atoms with E-state index in [-0.39, 0.29) is 59.7 Å². The van der Waals surface area contributed by atoms with E-state index in [1.807, 2.05) is 0 Å². The second kappa shape index (κ2) is 8.87. The zero-order valence-electron chi connectivity index (χ0n) is 20.8. The summed E-state index contributed by atoms with van der Waals surface area (Å²) < 4.78 is 31.2. The molecule has 1 aromatic heterocycles. The number of benzene rings is 1. The van der Waals surface area contributed by atoms with Gasteiger partial charge in [0.2, 0.25) is 0 Å². The number of amides is 2. The van der Waals surface area contributed by atoms with Crippen molar-refractivity contribution in [3.63, 3.8) is 0 Å². The fourth-order valence-electron chi connectivity index (χ4n) is 6.81. The van der Waals surface area contributed by atoms with Gasteiger partial charge in [0.1, 0.15) is 17.2 Å². The van der Waals surface area contributed by atoms with Gasteiger partial charge in [-0.2, -0.15) is 0 Å².